The standard InChI is InChI=1S/C15H11NO.C7H14OS/c1-3-7-12(8-4-1)14-15(17-11-16-14)13-9-5-2-6-10-13;8-6-4-2-1-3-5-7-9/h1-11H;6,9H,1-5,7H2. The molecule has 0 spiro atoms. The van der Waals surface area contributed by atoms with Crippen molar-refractivity contribution in [1.29, 1.82) is 0 Å². The molecule has 4 heteroatoms. The van der Waals surface area contributed by atoms with Crippen molar-refractivity contribution in [3.8, 4) is 22.6 Å². The number of hydrogen-bond donors (Lipinski definition) is 1. The molecule has 0 amide bonds. The molecule has 2 aromatic carbocycles. The molecule has 0 unspecified atom stereocenters. The Morgan fingerprint density at radius 2 is 1.46 bits per heavy atom. The maximum atomic E-state index is 9.82. The molecule has 0 N–H and O–H groups in total. The molecule has 136 valence electrons. The molecular formula is C22H25NO2S. The minimum atomic E-state index is 0.729. The first kappa shape index (κ1) is 20.0. The van der Waals surface area contributed by atoms with Gasteiger partial charge in [-0.15, -0.1) is 0 Å². The van der Waals surface area contributed by atoms with Gasteiger partial charge in [0, 0.05) is 17.5 Å². The quantitative estimate of drug-likeness (QED) is 0.298. The van der Waals surface area contributed by atoms with Gasteiger partial charge in [-0.2, -0.15) is 12.6 Å². The highest BCUT2D eigenvalue weighted by atomic mass is 32.1. The van der Waals surface area contributed by atoms with Gasteiger partial charge in [0.25, 0.3) is 0 Å². The summed E-state index contributed by atoms with van der Waals surface area (Å²) in [6.45, 7) is 0. The highest BCUT2D eigenvalue weighted by Crippen LogP contribution is 2.30. The Balaban J connectivity index is 0.000000232. The van der Waals surface area contributed by atoms with Crippen molar-refractivity contribution in [2.45, 2.75) is 32.1 Å². The Morgan fingerprint density at radius 1 is 0.846 bits per heavy atom. The fraction of sp³-hybridized carbons (Fsp3) is 0.273. The lowest BCUT2D eigenvalue weighted by Crippen LogP contribution is -1.81. The van der Waals surface area contributed by atoms with Crippen molar-refractivity contribution in [2.75, 3.05) is 5.75 Å². The van der Waals surface area contributed by atoms with Gasteiger partial charge in [-0.05, 0) is 18.6 Å². The molecule has 0 atom stereocenters. The third kappa shape index (κ3) is 6.52. The van der Waals surface area contributed by atoms with Gasteiger partial charge in [0.2, 0.25) is 0 Å². The van der Waals surface area contributed by atoms with Crippen LogP contribution in [0, 0.1) is 0 Å². The predicted octanol–water partition coefficient (Wildman–Crippen LogP) is 6.07. The molecule has 0 aliphatic heterocycles. The average Bonchev–Trinajstić information content (AvgIpc) is 3.20. The third-order valence-corrected chi connectivity index (χ3v) is 4.20. The number of aromatic nitrogens is 1. The number of hydrogen-bond acceptors (Lipinski definition) is 4. The largest absolute Gasteiger partial charge is 0.443 e. The molecule has 1 aromatic heterocycles. The average molecular weight is 368 g/mol. The van der Waals surface area contributed by atoms with Crippen LogP contribution in [-0.4, -0.2) is 17.0 Å². The zero-order valence-electron chi connectivity index (χ0n) is 14.9. The second kappa shape index (κ2) is 12.1. The van der Waals surface area contributed by atoms with E-state index in [-0.39, 0.29) is 0 Å². The number of thiol groups is 1. The Morgan fingerprint density at radius 3 is 2.08 bits per heavy atom. The van der Waals surface area contributed by atoms with Gasteiger partial charge in [0.05, 0.1) is 0 Å². The van der Waals surface area contributed by atoms with Gasteiger partial charge in [-0.1, -0.05) is 73.5 Å². The number of carbonyl (C=O) groups is 1. The lowest BCUT2D eigenvalue weighted by atomic mass is 10.1. The summed E-state index contributed by atoms with van der Waals surface area (Å²) < 4.78 is 5.49. The number of aldehydes is 1. The Kier molecular flexibility index (Phi) is 9.30. The molecule has 3 rings (SSSR count). The van der Waals surface area contributed by atoms with Crippen LogP contribution in [0.2, 0.25) is 0 Å². The van der Waals surface area contributed by atoms with E-state index in [4.69, 9.17) is 4.42 Å². The van der Waals surface area contributed by atoms with Crippen LogP contribution in [0.25, 0.3) is 22.6 Å². The zero-order valence-corrected chi connectivity index (χ0v) is 15.8. The molecule has 1 heterocycles. The maximum Gasteiger partial charge on any atom is 0.182 e. The molecule has 0 fully saturated rings. The van der Waals surface area contributed by atoms with Crippen molar-refractivity contribution in [1.82, 2.24) is 4.98 Å². The summed E-state index contributed by atoms with van der Waals surface area (Å²) in [4.78, 5) is 14.1. The summed E-state index contributed by atoms with van der Waals surface area (Å²) >= 11 is 4.08. The summed E-state index contributed by atoms with van der Waals surface area (Å²) in [5, 5.41) is 0. The van der Waals surface area contributed by atoms with Gasteiger partial charge in [0.15, 0.2) is 12.2 Å². The smallest absolute Gasteiger partial charge is 0.182 e. The van der Waals surface area contributed by atoms with Crippen LogP contribution in [0.1, 0.15) is 32.1 Å². The number of carbonyl (C=O) groups excluding carboxylic acids is 1. The minimum absolute atomic E-state index is 0.729. The van der Waals surface area contributed by atoms with Crippen LogP contribution >= 0.6 is 12.6 Å². The molecule has 3 nitrogen and oxygen atoms in total. The summed E-state index contributed by atoms with van der Waals surface area (Å²) in [7, 11) is 0. The highest BCUT2D eigenvalue weighted by molar-refractivity contribution is 7.80. The molecule has 0 saturated carbocycles. The normalized spacial score (nSPS) is 10.0. The van der Waals surface area contributed by atoms with Crippen molar-refractivity contribution < 1.29 is 9.21 Å². The van der Waals surface area contributed by atoms with E-state index < -0.39 is 0 Å². The van der Waals surface area contributed by atoms with Crippen molar-refractivity contribution in [3.05, 3.63) is 67.1 Å². The van der Waals surface area contributed by atoms with E-state index >= 15 is 0 Å². The van der Waals surface area contributed by atoms with Crippen molar-refractivity contribution in [3.63, 3.8) is 0 Å². The zero-order chi connectivity index (χ0) is 18.5. The molecule has 0 saturated heterocycles. The summed E-state index contributed by atoms with van der Waals surface area (Å²) in [6.07, 6.45) is 7.84. The minimum Gasteiger partial charge on any atom is -0.443 e. The lowest BCUT2D eigenvalue weighted by Gasteiger charge is -2.00. The van der Waals surface area contributed by atoms with E-state index in [1.807, 2.05) is 60.7 Å². The van der Waals surface area contributed by atoms with E-state index in [1.165, 1.54) is 25.7 Å². The fourth-order valence-corrected chi connectivity index (χ4v) is 2.76. The molecule has 26 heavy (non-hydrogen) atoms. The van der Waals surface area contributed by atoms with Crippen LogP contribution in [0.3, 0.4) is 0 Å². The van der Waals surface area contributed by atoms with Gasteiger partial charge in [-0.3, -0.25) is 0 Å². The first-order chi connectivity index (χ1) is 12.9. The highest BCUT2D eigenvalue weighted by Gasteiger charge is 2.11. The van der Waals surface area contributed by atoms with Gasteiger partial charge >= 0.3 is 0 Å². The monoisotopic (exact) mass is 367 g/mol. The van der Waals surface area contributed by atoms with Gasteiger partial charge in [0.1, 0.15) is 12.0 Å². The van der Waals surface area contributed by atoms with Gasteiger partial charge in [-0.25, -0.2) is 4.98 Å². The number of unbranched alkanes of at least 4 members (excludes halogenated alkanes) is 4. The molecular weight excluding hydrogens is 342 g/mol. The third-order valence-electron chi connectivity index (χ3n) is 3.88. The summed E-state index contributed by atoms with van der Waals surface area (Å²) in [6, 6.07) is 20.1. The number of rotatable bonds is 8. The fourth-order valence-electron chi connectivity index (χ4n) is 2.54. The van der Waals surface area contributed by atoms with Crippen LogP contribution < -0.4 is 0 Å². The first-order valence-electron chi connectivity index (χ1n) is 8.95. The van der Waals surface area contributed by atoms with Crippen LogP contribution in [0.5, 0.6) is 0 Å². The number of benzene rings is 2. The Hall–Kier alpha value is -2.33. The van der Waals surface area contributed by atoms with Crippen LogP contribution in [-0.2, 0) is 4.79 Å². The van der Waals surface area contributed by atoms with Gasteiger partial charge < -0.3 is 9.21 Å². The van der Waals surface area contributed by atoms with E-state index in [2.05, 4.69) is 17.6 Å². The SMILES string of the molecule is O=CCCCCCCS.c1ccc(-c2ncoc2-c2ccccc2)cc1. The van der Waals surface area contributed by atoms with Crippen LogP contribution in [0.4, 0.5) is 0 Å². The topological polar surface area (TPSA) is 43.1 Å². The molecule has 0 aliphatic rings. The molecule has 0 bridgehead atoms. The second-order valence-electron chi connectivity index (χ2n) is 5.86. The van der Waals surface area contributed by atoms with E-state index in [1.54, 1.807) is 0 Å². The second-order valence-corrected chi connectivity index (χ2v) is 6.30. The van der Waals surface area contributed by atoms with E-state index in [9.17, 15) is 4.79 Å². The van der Waals surface area contributed by atoms with Crippen molar-refractivity contribution in [2.24, 2.45) is 0 Å². The lowest BCUT2D eigenvalue weighted by molar-refractivity contribution is -0.107. The number of oxazole rings is 1. The van der Waals surface area contributed by atoms with Crippen molar-refractivity contribution >= 4 is 18.9 Å². The Labute approximate surface area is 160 Å². The first-order valence-corrected chi connectivity index (χ1v) is 9.59. The van der Waals surface area contributed by atoms with E-state index in [0.29, 0.717) is 0 Å². The summed E-state index contributed by atoms with van der Waals surface area (Å²) in [5.41, 5.74) is 3.00. The Bertz CT molecular complexity index is 687. The van der Waals surface area contributed by atoms with Crippen LogP contribution in [0.15, 0.2) is 71.5 Å². The summed E-state index contributed by atoms with van der Waals surface area (Å²) in [5.74, 6) is 1.79. The molecule has 3 aromatic rings. The molecule has 0 radical (unpaired) electrons. The number of nitrogens with zero attached hydrogens (tertiary/aromatic N) is 1. The predicted molar refractivity (Wildman–Crippen MR) is 110 cm³/mol. The van der Waals surface area contributed by atoms with E-state index in [0.717, 1.165) is 47.5 Å². The molecule has 0 aliphatic carbocycles. The maximum absolute atomic E-state index is 9.82.